The lowest BCUT2D eigenvalue weighted by Gasteiger charge is -2.21. The monoisotopic (exact) mass is 289 g/mol. The normalized spacial score (nSPS) is 12.0. The Hall–Kier alpha value is -1.30. The van der Waals surface area contributed by atoms with E-state index in [1.165, 1.54) is 7.05 Å². The number of nitrogens with one attached hydrogen (secondary N) is 1. The van der Waals surface area contributed by atoms with Crippen molar-refractivity contribution in [1.82, 2.24) is 10.3 Å². The molecule has 0 spiro atoms. The Morgan fingerprint density at radius 1 is 1.30 bits per heavy atom. The molecule has 6 heteroatoms. The van der Waals surface area contributed by atoms with Crippen molar-refractivity contribution in [2.45, 2.75) is 33.5 Å². The average Bonchev–Trinajstić information content (AvgIpc) is 2.28. The van der Waals surface area contributed by atoms with Crippen LogP contribution in [0.1, 0.15) is 25.1 Å². The van der Waals surface area contributed by atoms with Gasteiger partial charge in [0.25, 0.3) is 0 Å². The smallest absolute Gasteiger partial charge is 0.351 e. The number of nitrogens with zero attached hydrogens (tertiary/aromatic N) is 2. The minimum absolute atomic E-state index is 0.340. The standard InChI is InChI=1S/C14H22F3N3/c1-10(2)7-18-8-12-5-6-13(19-11(12)3)20(4)9-14(15,16)17/h5-6,10,18H,7-9H2,1-4H3. The molecule has 0 saturated carbocycles. The number of hydrogen-bond acceptors (Lipinski definition) is 3. The fraction of sp³-hybridized carbons (Fsp3) is 0.643. The predicted molar refractivity (Wildman–Crippen MR) is 74.8 cm³/mol. The fourth-order valence-corrected chi connectivity index (χ4v) is 1.82. The van der Waals surface area contributed by atoms with Gasteiger partial charge in [-0.3, -0.25) is 0 Å². The van der Waals surface area contributed by atoms with Gasteiger partial charge < -0.3 is 10.2 Å². The van der Waals surface area contributed by atoms with Gasteiger partial charge in [0.15, 0.2) is 0 Å². The lowest BCUT2D eigenvalue weighted by Crippen LogP contribution is -2.31. The molecule has 1 aromatic rings. The van der Waals surface area contributed by atoms with Crippen LogP contribution in [-0.4, -0.2) is 31.3 Å². The Labute approximate surface area is 118 Å². The SMILES string of the molecule is Cc1nc(N(C)CC(F)(F)F)ccc1CNCC(C)C. The predicted octanol–water partition coefficient (Wildman–Crippen LogP) is 3.13. The van der Waals surface area contributed by atoms with E-state index in [2.05, 4.69) is 24.1 Å². The summed E-state index contributed by atoms with van der Waals surface area (Å²) >= 11 is 0. The van der Waals surface area contributed by atoms with Gasteiger partial charge in [-0.25, -0.2) is 4.98 Å². The molecule has 0 radical (unpaired) electrons. The van der Waals surface area contributed by atoms with Gasteiger partial charge >= 0.3 is 6.18 Å². The van der Waals surface area contributed by atoms with Crippen LogP contribution < -0.4 is 10.2 Å². The largest absolute Gasteiger partial charge is 0.405 e. The summed E-state index contributed by atoms with van der Waals surface area (Å²) < 4.78 is 37.0. The fourth-order valence-electron chi connectivity index (χ4n) is 1.82. The second-order valence-corrected chi connectivity index (χ2v) is 5.41. The molecule has 0 unspecified atom stereocenters. The summed E-state index contributed by atoms with van der Waals surface area (Å²) in [6.07, 6.45) is -4.22. The molecule has 0 atom stereocenters. The van der Waals surface area contributed by atoms with Crippen molar-refractivity contribution in [3.63, 3.8) is 0 Å². The molecule has 0 aliphatic rings. The minimum Gasteiger partial charge on any atom is -0.351 e. The zero-order valence-electron chi connectivity index (χ0n) is 12.4. The van der Waals surface area contributed by atoms with Crippen LogP contribution in [0.25, 0.3) is 0 Å². The third-order valence-electron chi connectivity index (χ3n) is 2.86. The molecular weight excluding hydrogens is 267 g/mol. The van der Waals surface area contributed by atoms with Gasteiger partial charge in [-0.2, -0.15) is 13.2 Å². The van der Waals surface area contributed by atoms with E-state index in [1.54, 1.807) is 6.07 Å². The summed E-state index contributed by atoms with van der Waals surface area (Å²) in [4.78, 5) is 5.35. The van der Waals surface area contributed by atoms with Crippen molar-refractivity contribution in [1.29, 1.82) is 0 Å². The summed E-state index contributed by atoms with van der Waals surface area (Å²) in [7, 11) is 1.39. The third kappa shape index (κ3) is 5.77. The van der Waals surface area contributed by atoms with Crippen molar-refractivity contribution < 1.29 is 13.2 Å². The quantitative estimate of drug-likeness (QED) is 0.872. The molecule has 0 saturated heterocycles. The van der Waals surface area contributed by atoms with E-state index in [4.69, 9.17) is 0 Å². The van der Waals surface area contributed by atoms with Gasteiger partial charge in [0.2, 0.25) is 0 Å². The van der Waals surface area contributed by atoms with Crippen LogP contribution in [0.2, 0.25) is 0 Å². The van der Waals surface area contributed by atoms with Crippen LogP contribution in [0.3, 0.4) is 0 Å². The van der Waals surface area contributed by atoms with Crippen molar-refractivity contribution in [3.8, 4) is 0 Å². The first kappa shape index (κ1) is 16.8. The number of alkyl halides is 3. The zero-order valence-corrected chi connectivity index (χ0v) is 12.4. The van der Waals surface area contributed by atoms with Crippen molar-refractivity contribution in [2.24, 2.45) is 5.92 Å². The van der Waals surface area contributed by atoms with E-state index in [0.29, 0.717) is 18.3 Å². The van der Waals surface area contributed by atoms with Gasteiger partial charge in [-0.15, -0.1) is 0 Å². The van der Waals surface area contributed by atoms with Crippen LogP contribution in [-0.2, 0) is 6.54 Å². The van der Waals surface area contributed by atoms with E-state index in [1.807, 2.05) is 13.0 Å². The first-order valence-electron chi connectivity index (χ1n) is 6.64. The highest BCUT2D eigenvalue weighted by Gasteiger charge is 2.29. The maximum atomic E-state index is 12.3. The molecule has 0 fully saturated rings. The minimum atomic E-state index is -4.22. The second kappa shape index (κ2) is 6.92. The molecule has 0 aliphatic carbocycles. The second-order valence-electron chi connectivity index (χ2n) is 5.41. The highest BCUT2D eigenvalue weighted by Crippen LogP contribution is 2.20. The zero-order chi connectivity index (χ0) is 15.3. The molecule has 0 bridgehead atoms. The molecule has 3 nitrogen and oxygen atoms in total. The van der Waals surface area contributed by atoms with Crippen LogP contribution in [0.4, 0.5) is 19.0 Å². The summed E-state index contributed by atoms with van der Waals surface area (Å²) in [5.41, 5.74) is 1.77. The Kier molecular flexibility index (Phi) is 5.80. The first-order chi connectivity index (χ1) is 9.19. The van der Waals surface area contributed by atoms with Crippen LogP contribution in [0.15, 0.2) is 12.1 Å². The molecule has 1 aromatic heterocycles. The molecule has 114 valence electrons. The van der Waals surface area contributed by atoms with Crippen molar-refractivity contribution in [3.05, 3.63) is 23.4 Å². The number of rotatable bonds is 6. The number of aromatic nitrogens is 1. The van der Waals surface area contributed by atoms with Crippen molar-refractivity contribution in [2.75, 3.05) is 25.0 Å². The molecule has 1 N–H and O–H groups in total. The van der Waals surface area contributed by atoms with E-state index in [9.17, 15) is 13.2 Å². The summed E-state index contributed by atoms with van der Waals surface area (Å²) in [6.45, 7) is 6.64. The van der Waals surface area contributed by atoms with Gasteiger partial charge in [0.05, 0.1) is 0 Å². The van der Waals surface area contributed by atoms with E-state index in [-0.39, 0.29) is 0 Å². The number of aryl methyl sites for hydroxylation is 1. The highest BCUT2D eigenvalue weighted by atomic mass is 19.4. The Bertz CT molecular complexity index is 430. The van der Waals surface area contributed by atoms with Crippen LogP contribution >= 0.6 is 0 Å². The summed E-state index contributed by atoms with van der Waals surface area (Å²) in [5.74, 6) is 0.896. The maximum Gasteiger partial charge on any atom is 0.405 e. The van der Waals surface area contributed by atoms with Gasteiger partial charge in [-0.05, 0) is 31.0 Å². The van der Waals surface area contributed by atoms with Crippen LogP contribution in [0.5, 0.6) is 0 Å². The Morgan fingerprint density at radius 3 is 2.45 bits per heavy atom. The number of pyridine rings is 1. The molecule has 0 aromatic carbocycles. The number of hydrogen-bond donors (Lipinski definition) is 1. The highest BCUT2D eigenvalue weighted by molar-refractivity contribution is 5.41. The average molecular weight is 289 g/mol. The lowest BCUT2D eigenvalue weighted by molar-refractivity contribution is -0.119. The van der Waals surface area contributed by atoms with Crippen molar-refractivity contribution >= 4 is 5.82 Å². The van der Waals surface area contributed by atoms with E-state index in [0.717, 1.165) is 22.7 Å². The summed E-state index contributed by atoms with van der Waals surface area (Å²) in [6, 6.07) is 3.46. The molecule has 0 amide bonds. The Balaban J connectivity index is 2.67. The van der Waals surface area contributed by atoms with E-state index >= 15 is 0 Å². The molecular formula is C14H22F3N3. The maximum absolute atomic E-state index is 12.3. The van der Waals surface area contributed by atoms with Gasteiger partial charge in [-0.1, -0.05) is 19.9 Å². The number of anilines is 1. The lowest BCUT2D eigenvalue weighted by atomic mass is 10.2. The molecule has 20 heavy (non-hydrogen) atoms. The molecule has 1 heterocycles. The van der Waals surface area contributed by atoms with E-state index < -0.39 is 12.7 Å². The third-order valence-corrected chi connectivity index (χ3v) is 2.86. The first-order valence-corrected chi connectivity index (χ1v) is 6.64. The topological polar surface area (TPSA) is 28.2 Å². The molecule has 0 aliphatic heterocycles. The molecule has 1 rings (SSSR count). The van der Waals surface area contributed by atoms with Crippen LogP contribution in [0, 0.1) is 12.8 Å². The van der Waals surface area contributed by atoms with Gasteiger partial charge in [0.1, 0.15) is 12.4 Å². The Morgan fingerprint density at radius 2 is 1.95 bits per heavy atom. The van der Waals surface area contributed by atoms with Gasteiger partial charge in [0, 0.05) is 19.3 Å². The number of halogens is 3. The summed E-state index contributed by atoms with van der Waals surface area (Å²) in [5, 5.41) is 3.30.